The van der Waals surface area contributed by atoms with Crippen LogP contribution in [0.4, 0.5) is 0 Å². The number of phenolic OH excluding ortho intramolecular Hbond substituents is 2. The molecule has 0 bridgehead atoms. The molecule has 2 heteroatoms. The maximum absolute atomic E-state index is 10.0. The highest BCUT2D eigenvalue weighted by atomic mass is 16.3. The summed E-state index contributed by atoms with van der Waals surface area (Å²) in [6.07, 6.45) is 14.8. The van der Waals surface area contributed by atoms with Crippen molar-refractivity contribution >= 4 is 0 Å². The number of aromatic hydroxyl groups is 2. The van der Waals surface area contributed by atoms with E-state index in [0.29, 0.717) is 12.0 Å². The molecule has 2 nitrogen and oxygen atoms in total. The Balaban J connectivity index is 2.20. The van der Waals surface area contributed by atoms with Gasteiger partial charge in [-0.25, -0.2) is 0 Å². The van der Waals surface area contributed by atoms with Gasteiger partial charge in [0.2, 0.25) is 0 Å². The molecule has 166 valence electrons. The van der Waals surface area contributed by atoms with Crippen LogP contribution in [0.2, 0.25) is 0 Å². The van der Waals surface area contributed by atoms with Crippen LogP contribution in [-0.4, -0.2) is 10.2 Å². The van der Waals surface area contributed by atoms with Crippen molar-refractivity contribution in [3.8, 4) is 11.5 Å². The Morgan fingerprint density at radius 2 is 1.38 bits per heavy atom. The summed E-state index contributed by atoms with van der Waals surface area (Å²) in [5.41, 5.74) is 2.88. The molecule has 0 saturated heterocycles. The van der Waals surface area contributed by atoms with Crippen molar-refractivity contribution in [1.29, 1.82) is 0 Å². The number of phenols is 2. The lowest BCUT2D eigenvalue weighted by Gasteiger charge is -2.15. The third-order valence-electron chi connectivity index (χ3n) is 6.21. The van der Waals surface area contributed by atoms with E-state index in [1.807, 2.05) is 0 Å². The highest BCUT2D eigenvalue weighted by Crippen LogP contribution is 2.27. The van der Waals surface area contributed by atoms with E-state index in [-0.39, 0.29) is 11.5 Å². The zero-order valence-corrected chi connectivity index (χ0v) is 19.9. The second kappa shape index (κ2) is 13.7. The third-order valence-corrected chi connectivity index (χ3v) is 6.21. The van der Waals surface area contributed by atoms with E-state index >= 15 is 0 Å². The molecule has 0 aliphatic carbocycles. The predicted octanol–water partition coefficient (Wildman–Crippen LogP) is 8.33. The maximum Gasteiger partial charge on any atom is 0.119 e. The topological polar surface area (TPSA) is 40.5 Å². The Kier molecular flexibility index (Phi) is 12.1. The van der Waals surface area contributed by atoms with Crippen molar-refractivity contribution in [1.82, 2.24) is 0 Å². The van der Waals surface area contributed by atoms with Crippen LogP contribution in [0.1, 0.15) is 104 Å². The number of rotatable bonds is 14. The first-order chi connectivity index (χ1) is 13.7. The summed E-state index contributed by atoms with van der Waals surface area (Å²) in [6, 6.07) is 3.32. The standard InChI is InChI=1S/C27H46O2/c1-20(2)10-7-11-21(3)12-8-13-22(4)14-9-15-23(5)16-17-25-19-26(28)24(6)18-27(25)29/h16,18-22,28-29H,7-15,17H2,1-6H3/b23-16+/t21-,22-/m1/s1. The molecule has 0 aliphatic rings. The van der Waals surface area contributed by atoms with Gasteiger partial charge in [0, 0.05) is 5.56 Å². The van der Waals surface area contributed by atoms with E-state index in [1.54, 1.807) is 19.1 Å². The highest BCUT2D eigenvalue weighted by molar-refractivity contribution is 5.45. The summed E-state index contributed by atoms with van der Waals surface area (Å²) in [5, 5.41) is 19.9. The molecule has 0 unspecified atom stereocenters. The molecule has 0 saturated carbocycles. The Hall–Kier alpha value is -1.44. The maximum atomic E-state index is 10.0. The van der Waals surface area contributed by atoms with Crippen LogP contribution in [-0.2, 0) is 6.42 Å². The van der Waals surface area contributed by atoms with Gasteiger partial charge in [-0.3, -0.25) is 0 Å². The van der Waals surface area contributed by atoms with Crippen molar-refractivity contribution in [2.75, 3.05) is 0 Å². The number of hydrogen-bond donors (Lipinski definition) is 2. The van der Waals surface area contributed by atoms with Crippen molar-refractivity contribution < 1.29 is 10.2 Å². The predicted molar refractivity (Wildman–Crippen MR) is 127 cm³/mol. The average molecular weight is 403 g/mol. The van der Waals surface area contributed by atoms with Crippen LogP contribution in [0.3, 0.4) is 0 Å². The minimum absolute atomic E-state index is 0.256. The zero-order valence-electron chi connectivity index (χ0n) is 19.9. The Bertz CT molecular complexity index is 615. The number of aryl methyl sites for hydroxylation is 1. The molecular weight excluding hydrogens is 356 g/mol. The molecule has 0 fully saturated rings. The second-order valence-corrected chi connectivity index (χ2v) is 9.88. The van der Waals surface area contributed by atoms with E-state index in [4.69, 9.17) is 0 Å². The summed E-state index contributed by atoms with van der Waals surface area (Å²) in [6.45, 7) is 13.4. The van der Waals surface area contributed by atoms with Gasteiger partial charge in [-0.05, 0) is 68.6 Å². The Morgan fingerprint density at radius 3 is 1.97 bits per heavy atom. The molecule has 0 radical (unpaired) electrons. The summed E-state index contributed by atoms with van der Waals surface area (Å²) in [5.74, 6) is 3.06. The lowest BCUT2D eigenvalue weighted by atomic mass is 9.91. The zero-order chi connectivity index (χ0) is 21.8. The molecule has 1 rings (SSSR count). The molecule has 0 amide bonds. The first kappa shape index (κ1) is 25.6. The van der Waals surface area contributed by atoms with Gasteiger partial charge in [0.1, 0.15) is 11.5 Å². The summed E-state index contributed by atoms with van der Waals surface area (Å²) in [7, 11) is 0. The minimum Gasteiger partial charge on any atom is -0.508 e. The largest absolute Gasteiger partial charge is 0.508 e. The summed E-state index contributed by atoms with van der Waals surface area (Å²) >= 11 is 0. The normalized spacial score (nSPS) is 14.4. The van der Waals surface area contributed by atoms with Crippen LogP contribution in [0.5, 0.6) is 11.5 Å². The first-order valence-corrected chi connectivity index (χ1v) is 11.9. The Labute approximate surface area is 180 Å². The molecule has 29 heavy (non-hydrogen) atoms. The van der Waals surface area contributed by atoms with Gasteiger partial charge in [0.25, 0.3) is 0 Å². The molecule has 0 spiro atoms. The molecule has 0 aliphatic heterocycles. The molecular formula is C27H46O2. The second-order valence-electron chi connectivity index (χ2n) is 9.88. The third kappa shape index (κ3) is 11.4. The highest BCUT2D eigenvalue weighted by Gasteiger charge is 2.07. The SMILES string of the molecule is C/C(=C\Cc1cc(O)c(C)cc1O)CCC[C@H](C)CCC[C@H](C)CCCC(C)C. The van der Waals surface area contributed by atoms with Gasteiger partial charge in [0.15, 0.2) is 0 Å². The van der Waals surface area contributed by atoms with Crippen LogP contribution >= 0.6 is 0 Å². The van der Waals surface area contributed by atoms with E-state index in [1.165, 1.54) is 56.9 Å². The quantitative estimate of drug-likeness (QED) is 0.242. The summed E-state index contributed by atoms with van der Waals surface area (Å²) < 4.78 is 0. The van der Waals surface area contributed by atoms with E-state index in [2.05, 4.69) is 40.7 Å². The molecule has 2 N–H and O–H groups in total. The van der Waals surface area contributed by atoms with Gasteiger partial charge in [-0.1, -0.05) is 84.3 Å². The van der Waals surface area contributed by atoms with Gasteiger partial charge in [-0.15, -0.1) is 0 Å². The van der Waals surface area contributed by atoms with Gasteiger partial charge in [-0.2, -0.15) is 0 Å². The summed E-state index contributed by atoms with van der Waals surface area (Å²) in [4.78, 5) is 0. The van der Waals surface area contributed by atoms with E-state index < -0.39 is 0 Å². The fourth-order valence-electron chi connectivity index (χ4n) is 3.98. The minimum atomic E-state index is 0.256. The number of benzene rings is 1. The molecule has 0 heterocycles. The van der Waals surface area contributed by atoms with Crippen molar-refractivity contribution in [2.45, 2.75) is 106 Å². The Morgan fingerprint density at radius 1 is 0.828 bits per heavy atom. The molecule has 0 aromatic heterocycles. The number of allylic oxidation sites excluding steroid dienone is 2. The fourth-order valence-corrected chi connectivity index (χ4v) is 3.98. The van der Waals surface area contributed by atoms with E-state index in [0.717, 1.165) is 29.7 Å². The lowest BCUT2D eigenvalue weighted by Crippen LogP contribution is -2.00. The van der Waals surface area contributed by atoms with Gasteiger partial charge >= 0.3 is 0 Å². The van der Waals surface area contributed by atoms with Gasteiger partial charge < -0.3 is 10.2 Å². The molecule has 1 aromatic carbocycles. The van der Waals surface area contributed by atoms with Gasteiger partial charge in [0.05, 0.1) is 0 Å². The van der Waals surface area contributed by atoms with Crippen LogP contribution in [0.15, 0.2) is 23.8 Å². The average Bonchev–Trinajstić information content (AvgIpc) is 2.63. The van der Waals surface area contributed by atoms with Crippen molar-refractivity contribution in [3.63, 3.8) is 0 Å². The van der Waals surface area contributed by atoms with Crippen LogP contribution < -0.4 is 0 Å². The van der Waals surface area contributed by atoms with Crippen LogP contribution in [0.25, 0.3) is 0 Å². The molecule has 2 atom stereocenters. The monoisotopic (exact) mass is 402 g/mol. The fraction of sp³-hybridized carbons (Fsp3) is 0.704. The number of hydrogen-bond acceptors (Lipinski definition) is 2. The first-order valence-electron chi connectivity index (χ1n) is 11.9. The van der Waals surface area contributed by atoms with Crippen molar-refractivity contribution in [2.24, 2.45) is 17.8 Å². The smallest absolute Gasteiger partial charge is 0.119 e. The lowest BCUT2D eigenvalue weighted by molar-refractivity contribution is 0.389. The molecule has 1 aromatic rings. The van der Waals surface area contributed by atoms with E-state index in [9.17, 15) is 10.2 Å². The van der Waals surface area contributed by atoms with Crippen molar-refractivity contribution in [3.05, 3.63) is 34.9 Å². The van der Waals surface area contributed by atoms with Crippen LogP contribution in [0, 0.1) is 24.7 Å².